The summed E-state index contributed by atoms with van der Waals surface area (Å²) in [6, 6.07) is 14.0. The van der Waals surface area contributed by atoms with Gasteiger partial charge in [-0.05, 0) is 29.7 Å². The summed E-state index contributed by atoms with van der Waals surface area (Å²) in [7, 11) is 0. The van der Waals surface area contributed by atoms with Crippen LogP contribution >= 0.6 is 15.9 Å². The molecule has 0 aliphatic carbocycles. The van der Waals surface area contributed by atoms with Crippen LogP contribution in [-0.2, 0) is 0 Å². The van der Waals surface area contributed by atoms with E-state index in [9.17, 15) is 9.18 Å². The number of amides is 1. The number of nitrogens with zero attached hydrogens (tertiary/aromatic N) is 1. The van der Waals surface area contributed by atoms with Crippen molar-refractivity contribution in [1.29, 1.82) is 0 Å². The van der Waals surface area contributed by atoms with E-state index in [4.69, 9.17) is 0 Å². The highest BCUT2D eigenvalue weighted by Gasteiger charge is 2.10. The van der Waals surface area contributed by atoms with E-state index >= 15 is 0 Å². The predicted octanol–water partition coefficient (Wildman–Crippen LogP) is 4.39. The Morgan fingerprint density at radius 1 is 1.05 bits per heavy atom. The first-order valence-electron chi connectivity index (χ1n) is 6.25. The summed E-state index contributed by atoms with van der Waals surface area (Å²) in [4.78, 5) is 15.9. The maximum Gasteiger partial charge on any atom is 0.274 e. The van der Waals surface area contributed by atoms with Gasteiger partial charge in [-0.2, -0.15) is 0 Å². The number of hydrogen-bond donors (Lipinski definition) is 1. The second kappa shape index (κ2) is 5.61. The molecule has 0 spiro atoms. The summed E-state index contributed by atoms with van der Waals surface area (Å²) in [5, 5.41) is 4.72. The van der Waals surface area contributed by atoms with Crippen LogP contribution in [0.15, 0.2) is 59.2 Å². The molecule has 0 saturated heterocycles. The van der Waals surface area contributed by atoms with E-state index in [1.165, 1.54) is 12.1 Å². The van der Waals surface area contributed by atoms with E-state index < -0.39 is 5.82 Å². The lowest BCUT2D eigenvalue weighted by atomic mass is 10.1. The Bertz CT molecular complexity index is 818. The number of nitrogens with one attached hydrogen (secondary N) is 1. The van der Waals surface area contributed by atoms with Crippen molar-refractivity contribution < 1.29 is 9.18 Å². The Hall–Kier alpha value is -2.27. The van der Waals surface area contributed by atoms with Crippen molar-refractivity contribution in [2.24, 2.45) is 0 Å². The van der Waals surface area contributed by atoms with Gasteiger partial charge < -0.3 is 5.32 Å². The number of benzene rings is 2. The lowest BCUT2D eigenvalue weighted by Crippen LogP contribution is -2.13. The maximum atomic E-state index is 12.8. The molecule has 0 aliphatic heterocycles. The molecule has 0 bridgehead atoms. The number of carbonyl (C=O) groups excluding carboxylic acids is 1. The summed E-state index contributed by atoms with van der Waals surface area (Å²) in [6.45, 7) is 0. The number of halogens is 2. The molecule has 21 heavy (non-hydrogen) atoms. The van der Waals surface area contributed by atoms with Gasteiger partial charge in [0, 0.05) is 15.5 Å². The molecule has 0 atom stereocenters. The van der Waals surface area contributed by atoms with Crippen molar-refractivity contribution in [3.8, 4) is 0 Å². The molecule has 104 valence electrons. The molecule has 3 nitrogen and oxygen atoms in total. The van der Waals surface area contributed by atoms with Gasteiger partial charge in [-0.15, -0.1) is 0 Å². The monoisotopic (exact) mass is 344 g/mol. The van der Waals surface area contributed by atoms with Crippen LogP contribution in [0.5, 0.6) is 0 Å². The molecule has 0 saturated carbocycles. The summed E-state index contributed by atoms with van der Waals surface area (Å²) in [5.74, 6) is -0.844. The Morgan fingerprint density at radius 3 is 2.52 bits per heavy atom. The molecule has 3 aromatic rings. The molecule has 0 aliphatic rings. The average molecular weight is 345 g/mol. The van der Waals surface area contributed by atoms with E-state index in [0.717, 1.165) is 21.4 Å². The highest BCUT2D eigenvalue weighted by molar-refractivity contribution is 9.10. The number of rotatable bonds is 2. The second-order valence-corrected chi connectivity index (χ2v) is 5.31. The van der Waals surface area contributed by atoms with Crippen molar-refractivity contribution in [2.45, 2.75) is 0 Å². The Kier molecular flexibility index (Phi) is 3.66. The van der Waals surface area contributed by atoms with Crippen molar-refractivity contribution in [1.82, 2.24) is 4.98 Å². The topological polar surface area (TPSA) is 42.0 Å². The van der Waals surface area contributed by atoms with Crippen LogP contribution in [0.2, 0.25) is 0 Å². The van der Waals surface area contributed by atoms with E-state index in [-0.39, 0.29) is 11.6 Å². The van der Waals surface area contributed by atoms with E-state index in [1.807, 2.05) is 36.4 Å². The SMILES string of the molecule is O=C(Nc1ccc(Br)c2ccccc12)c1ccc(F)cn1. The van der Waals surface area contributed by atoms with Crippen LogP contribution in [0.25, 0.3) is 10.8 Å². The minimum atomic E-state index is -0.472. The zero-order chi connectivity index (χ0) is 14.8. The van der Waals surface area contributed by atoms with Crippen molar-refractivity contribution in [2.75, 3.05) is 5.32 Å². The van der Waals surface area contributed by atoms with Gasteiger partial charge in [-0.3, -0.25) is 4.79 Å². The van der Waals surface area contributed by atoms with E-state index in [0.29, 0.717) is 5.69 Å². The number of pyridine rings is 1. The van der Waals surface area contributed by atoms with Gasteiger partial charge in [0.05, 0.1) is 6.20 Å². The molecule has 1 N–H and O–H groups in total. The molecule has 1 aromatic heterocycles. The fourth-order valence-electron chi connectivity index (χ4n) is 2.07. The molecule has 0 radical (unpaired) electrons. The zero-order valence-corrected chi connectivity index (χ0v) is 12.4. The number of fused-ring (bicyclic) bond motifs is 1. The van der Waals surface area contributed by atoms with Crippen LogP contribution in [0, 0.1) is 5.82 Å². The molecule has 5 heteroatoms. The van der Waals surface area contributed by atoms with Crippen molar-refractivity contribution >= 4 is 38.3 Å². The highest BCUT2D eigenvalue weighted by atomic mass is 79.9. The van der Waals surface area contributed by atoms with Gasteiger partial charge >= 0.3 is 0 Å². The minimum Gasteiger partial charge on any atom is -0.320 e. The van der Waals surface area contributed by atoms with Crippen LogP contribution in [-0.4, -0.2) is 10.9 Å². The van der Waals surface area contributed by atoms with Crippen molar-refractivity contribution in [3.63, 3.8) is 0 Å². The van der Waals surface area contributed by atoms with Gasteiger partial charge in [0.2, 0.25) is 0 Å². The summed E-state index contributed by atoms with van der Waals surface area (Å²) < 4.78 is 13.8. The van der Waals surface area contributed by atoms with Crippen LogP contribution < -0.4 is 5.32 Å². The molecular formula is C16H10BrFN2O. The fraction of sp³-hybridized carbons (Fsp3) is 0. The van der Waals surface area contributed by atoms with E-state index in [1.54, 1.807) is 0 Å². The Labute approximate surface area is 128 Å². The molecule has 1 amide bonds. The standard InChI is InChI=1S/C16H10BrFN2O/c17-13-6-8-14(12-4-2-1-3-11(12)13)20-16(21)15-7-5-10(18)9-19-15/h1-9H,(H,20,21). The van der Waals surface area contributed by atoms with Gasteiger partial charge in [0.25, 0.3) is 5.91 Å². The molecule has 3 rings (SSSR count). The van der Waals surface area contributed by atoms with Gasteiger partial charge in [0.1, 0.15) is 11.5 Å². The zero-order valence-electron chi connectivity index (χ0n) is 10.8. The largest absolute Gasteiger partial charge is 0.320 e. The summed E-state index contributed by atoms with van der Waals surface area (Å²) in [6.07, 6.45) is 1.02. The molecule has 0 fully saturated rings. The number of hydrogen-bond acceptors (Lipinski definition) is 2. The molecule has 2 aromatic carbocycles. The third-order valence-electron chi connectivity index (χ3n) is 3.08. The average Bonchev–Trinajstić information content (AvgIpc) is 2.51. The molecular weight excluding hydrogens is 335 g/mol. The quantitative estimate of drug-likeness (QED) is 0.749. The third-order valence-corrected chi connectivity index (χ3v) is 3.77. The summed E-state index contributed by atoms with van der Waals surface area (Å²) in [5.41, 5.74) is 0.855. The van der Waals surface area contributed by atoms with Gasteiger partial charge in [0.15, 0.2) is 0 Å². The predicted molar refractivity (Wildman–Crippen MR) is 83.8 cm³/mol. The number of aromatic nitrogens is 1. The normalized spacial score (nSPS) is 10.6. The summed E-state index contributed by atoms with van der Waals surface area (Å²) >= 11 is 3.48. The minimum absolute atomic E-state index is 0.170. The van der Waals surface area contributed by atoms with Gasteiger partial charge in [-0.1, -0.05) is 40.2 Å². The third kappa shape index (κ3) is 2.78. The Morgan fingerprint density at radius 2 is 1.81 bits per heavy atom. The van der Waals surface area contributed by atoms with Gasteiger partial charge in [-0.25, -0.2) is 9.37 Å². The molecule has 0 unspecified atom stereocenters. The fourth-order valence-corrected chi connectivity index (χ4v) is 2.55. The van der Waals surface area contributed by atoms with Crippen LogP contribution in [0.1, 0.15) is 10.5 Å². The first kappa shape index (κ1) is 13.7. The maximum absolute atomic E-state index is 12.8. The number of anilines is 1. The first-order chi connectivity index (χ1) is 10.1. The molecule has 1 heterocycles. The lowest BCUT2D eigenvalue weighted by molar-refractivity contribution is 0.102. The number of carbonyl (C=O) groups is 1. The van der Waals surface area contributed by atoms with Crippen LogP contribution in [0.3, 0.4) is 0 Å². The second-order valence-electron chi connectivity index (χ2n) is 4.46. The van der Waals surface area contributed by atoms with E-state index in [2.05, 4.69) is 26.2 Å². The van der Waals surface area contributed by atoms with Crippen molar-refractivity contribution in [3.05, 3.63) is 70.7 Å². The van der Waals surface area contributed by atoms with Crippen LogP contribution in [0.4, 0.5) is 10.1 Å². The Balaban J connectivity index is 1.97. The smallest absolute Gasteiger partial charge is 0.274 e. The first-order valence-corrected chi connectivity index (χ1v) is 7.04. The highest BCUT2D eigenvalue weighted by Crippen LogP contribution is 2.30. The lowest BCUT2D eigenvalue weighted by Gasteiger charge is -2.09.